The van der Waals surface area contributed by atoms with Gasteiger partial charge in [0.15, 0.2) is 0 Å². The largest absolute Gasteiger partial charge is 0.371 e. The SMILES string of the molecule is N#Cc1ccc(COCn2c(COCc3ccccc3)cc(=O)[nH]c2=O)cc1. The fourth-order valence-electron chi connectivity index (χ4n) is 2.61. The van der Waals surface area contributed by atoms with E-state index in [4.69, 9.17) is 14.7 Å². The number of rotatable bonds is 8. The van der Waals surface area contributed by atoms with Gasteiger partial charge < -0.3 is 9.47 Å². The number of nitrogens with one attached hydrogen (secondary N) is 1. The van der Waals surface area contributed by atoms with Gasteiger partial charge >= 0.3 is 5.69 Å². The minimum absolute atomic E-state index is 0.0281. The molecule has 0 aliphatic rings. The Labute approximate surface area is 161 Å². The summed E-state index contributed by atoms with van der Waals surface area (Å²) >= 11 is 0. The highest BCUT2D eigenvalue weighted by Crippen LogP contribution is 2.07. The van der Waals surface area contributed by atoms with Crippen LogP contribution in [-0.4, -0.2) is 9.55 Å². The number of hydrogen-bond acceptors (Lipinski definition) is 5. The van der Waals surface area contributed by atoms with Crippen molar-refractivity contribution in [2.24, 2.45) is 0 Å². The van der Waals surface area contributed by atoms with Crippen LogP contribution in [0.2, 0.25) is 0 Å². The van der Waals surface area contributed by atoms with E-state index < -0.39 is 11.2 Å². The van der Waals surface area contributed by atoms with Crippen molar-refractivity contribution >= 4 is 0 Å². The second-order valence-electron chi connectivity index (χ2n) is 6.12. The number of aromatic nitrogens is 2. The molecule has 0 atom stereocenters. The van der Waals surface area contributed by atoms with Crippen LogP contribution in [0, 0.1) is 11.3 Å². The summed E-state index contributed by atoms with van der Waals surface area (Å²) in [6, 6.07) is 20.0. The molecule has 7 nitrogen and oxygen atoms in total. The van der Waals surface area contributed by atoms with Crippen LogP contribution in [-0.2, 0) is 36.0 Å². The van der Waals surface area contributed by atoms with E-state index in [2.05, 4.69) is 11.1 Å². The molecule has 0 saturated carbocycles. The molecule has 0 radical (unpaired) electrons. The summed E-state index contributed by atoms with van der Waals surface area (Å²) in [5.74, 6) is 0. The number of ether oxygens (including phenoxy) is 2. The molecule has 1 N–H and O–H groups in total. The fraction of sp³-hybridized carbons (Fsp3) is 0.190. The molecular weight excluding hydrogens is 358 g/mol. The van der Waals surface area contributed by atoms with Crippen molar-refractivity contribution in [1.29, 1.82) is 5.26 Å². The van der Waals surface area contributed by atoms with Crippen LogP contribution in [0.5, 0.6) is 0 Å². The first-order chi connectivity index (χ1) is 13.7. The number of benzene rings is 2. The number of hydrogen-bond donors (Lipinski definition) is 1. The Kier molecular flexibility index (Phi) is 6.52. The lowest BCUT2D eigenvalue weighted by atomic mass is 10.2. The Morgan fingerprint density at radius 3 is 2.29 bits per heavy atom. The number of H-pyrrole nitrogens is 1. The van der Waals surface area contributed by atoms with Crippen molar-refractivity contribution in [3.8, 4) is 6.07 Å². The lowest BCUT2D eigenvalue weighted by Gasteiger charge is -2.13. The molecular formula is C21H19N3O4. The maximum Gasteiger partial charge on any atom is 0.330 e. The van der Waals surface area contributed by atoms with Crippen LogP contribution in [0.3, 0.4) is 0 Å². The predicted octanol–water partition coefficient (Wildman–Crippen LogP) is 2.30. The Hall–Kier alpha value is -3.47. The smallest absolute Gasteiger partial charge is 0.330 e. The maximum absolute atomic E-state index is 12.2. The van der Waals surface area contributed by atoms with Crippen molar-refractivity contribution in [1.82, 2.24) is 9.55 Å². The molecule has 2 aromatic carbocycles. The monoisotopic (exact) mass is 377 g/mol. The van der Waals surface area contributed by atoms with Gasteiger partial charge in [-0.25, -0.2) is 4.79 Å². The van der Waals surface area contributed by atoms with Gasteiger partial charge in [-0.2, -0.15) is 5.26 Å². The van der Waals surface area contributed by atoms with Crippen molar-refractivity contribution < 1.29 is 9.47 Å². The highest BCUT2D eigenvalue weighted by molar-refractivity contribution is 5.31. The second kappa shape index (κ2) is 9.46. The Morgan fingerprint density at radius 2 is 1.57 bits per heavy atom. The van der Waals surface area contributed by atoms with Gasteiger partial charge in [0, 0.05) is 6.07 Å². The third-order valence-corrected chi connectivity index (χ3v) is 4.05. The lowest BCUT2D eigenvalue weighted by molar-refractivity contribution is 0.0485. The molecule has 1 aromatic heterocycles. The number of nitriles is 1. The molecule has 0 bridgehead atoms. The summed E-state index contributed by atoms with van der Waals surface area (Å²) in [6.07, 6.45) is 0. The molecule has 3 aromatic rings. The van der Waals surface area contributed by atoms with E-state index in [9.17, 15) is 9.59 Å². The molecule has 0 spiro atoms. The van der Waals surface area contributed by atoms with E-state index in [1.807, 2.05) is 30.3 Å². The van der Waals surface area contributed by atoms with Gasteiger partial charge in [-0.1, -0.05) is 42.5 Å². The summed E-state index contributed by atoms with van der Waals surface area (Å²) in [5.41, 5.74) is 1.84. The Balaban J connectivity index is 1.63. The van der Waals surface area contributed by atoms with Gasteiger partial charge in [0.25, 0.3) is 5.56 Å². The molecule has 0 saturated heterocycles. The normalized spacial score (nSPS) is 10.5. The van der Waals surface area contributed by atoms with Crippen molar-refractivity contribution in [2.75, 3.05) is 0 Å². The third kappa shape index (κ3) is 5.27. The zero-order valence-electron chi connectivity index (χ0n) is 15.1. The quantitative estimate of drug-likeness (QED) is 0.650. The minimum Gasteiger partial charge on any atom is -0.371 e. The molecule has 142 valence electrons. The molecule has 0 unspecified atom stereocenters. The molecule has 1 heterocycles. The van der Waals surface area contributed by atoms with Crippen LogP contribution < -0.4 is 11.2 Å². The molecule has 0 fully saturated rings. The molecule has 0 amide bonds. The first-order valence-electron chi connectivity index (χ1n) is 8.67. The topological polar surface area (TPSA) is 97.1 Å². The Bertz CT molecular complexity index is 1060. The van der Waals surface area contributed by atoms with Crippen LogP contribution in [0.15, 0.2) is 70.3 Å². The van der Waals surface area contributed by atoms with Crippen LogP contribution >= 0.6 is 0 Å². The highest BCUT2D eigenvalue weighted by atomic mass is 16.5. The van der Waals surface area contributed by atoms with E-state index in [0.29, 0.717) is 17.9 Å². The summed E-state index contributed by atoms with van der Waals surface area (Å²) < 4.78 is 12.6. The van der Waals surface area contributed by atoms with Crippen LogP contribution in [0.1, 0.15) is 22.4 Å². The van der Waals surface area contributed by atoms with Crippen LogP contribution in [0.25, 0.3) is 0 Å². The Morgan fingerprint density at radius 1 is 0.893 bits per heavy atom. The van der Waals surface area contributed by atoms with Gasteiger partial charge in [0.2, 0.25) is 0 Å². The van der Waals surface area contributed by atoms with E-state index in [1.54, 1.807) is 24.3 Å². The van der Waals surface area contributed by atoms with Gasteiger partial charge in [-0.3, -0.25) is 14.3 Å². The van der Waals surface area contributed by atoms with Gasteiger partial charge in [-0.05, 0) is 23.3 Å². The third-order valence-electron chi connectivity index (χ3n) is 4.05. The summed E-state index contributed by atoms with van der Waals surface area (Å²) in [5, 5.41) is 8.82. The van der Waals surface area contributed by atoms with Crippen LogP contribution in [0.4, 0.5) is 0 Å². The lowest BCUT2D eigenvalue weighted by Crippen LogP contribution is -2.33. The van der Waals surface area contributed by atoms with Gasteiger partial charge in [-0.15, -0.1) is 0 Å². The molecule has 0 aliphatic carbocycles. The second-order valence-corrected chi connectivity index (χ2v) is 6.12. The van der Waals surface area contributed by atoms with Crippen molar-refractivity contribution in [3.63, 3.8) is 0 Å². The fourth-order valence-corrected chi connectivity index (χ4v) is 2.61. The summed E-state index contributed by atoms with van der Waals surface area (Å²) in [7, 11) is 0. The van der Waals surface area contributed by atoms with E-state index in [1.165, 1.54) is 10.6 Å². The summed E-state index contributed by atoms with van der Waals surface area (Å²) in [6.45, 7) is 0.712. The average molecular weight is 377 g/mol. The van der Waals surface area contributed by atoms with Gasteiger partial charge in [0.1, 0.15) is 6.73 Å². The summed E-state index contributed by atoms with van der Waals surface area (Å²) in [4.78, 5) is 26.0. The zero-order valence-corrected chi connectivity index (χ0v) is 15.1. The minimum atomic E-state index is -0.550. The standard InChI is InChI=1S/C21H19N3O4/c22-11-16-6-8-18(9-7-16)13-28-15-24-19(10-20(25)23-21(24)26)14-27-12-17-4-2-1-3-5-17/h1-10H,12-15H2,(H,23,25,26). The molecule has 3 rings (SSSR count). The molecule has 7 heteroatoms. The van der Waals surface area contributed by atoms with E-state index in [-0.39, 0.29) is 19.9 Å². The first-order valence-corrected chi connectivity index (χ1v) is 8.67. The first kappa shape index (κ1) is 19.3. The van der Waals surface area contributed by atoms with Gasteiger partial charge in [0.05, 0.1) is 37.1 Å². The molecule has 0 aliphatic heterocycles. The maximum atomic E-state index is 12.2. The number of nitrogens with zero attached hydrogens (tertiary/aromatic N) is 2. The number of aromatic amines is 1. The highest BCUT2D eigenvalue weighted by Gasteiger charge is 2.07. The zero-order chi connectivity index (χ0) is 19.8. The van der Waals surface area contributed by atoms with Crippen molar-refractivity contribution in [2.45, 2.75) is 26.6 Å². The van der Waals surface area contributed by atoms with E-state index >= 15 is 0 Å². The molecule has 28 heavy (non-hydrogen) atoms. The van der Waals surface area contributed by atoms with E-state index in [0.717, 1.165) is 11.1 Å². The van der Waals surface area contributed by atoms with Crippen molar-refractivity contribution in [3.05, 3.63) is 104 Å². The predicted molar refractivity (Wildman–Crippen MR) is 102 cm³/mol. The average Bonchev–Trinajstić information content (AvgIpc) is 2.71.